The van der Waals surface area contributed by atoms with Gasteiger partial charge in [-0.1, -0.05) is 61.5 Å². The van der Waals surface area contributed by atoms with Crippen molar-refractivity contribution in [2.75, 3.05) is 24.2 Å². The van der Waals surface area contributed by atoms with Gasteiger partial charge in [-0.2, -0.15) is 0 Å². The Balaban J connectivity index is 2.05. The molecule has 3 rings (SSSR count). The molecule has 0 saturated heterocycles. The van der Waals surface area contributed by atoms with Crippen LogP contribution < -0.4 is 14.4 Å². The largest absolute Gasteiger partial charge is 0.497 e. The molecular weight excluding hydrogens is 526 g/mol. The van der Waals surface area contributed by atoms with Crippen LogP contribution in [0.2, 0.25) is 0 Å². The molecule has 0 saturated carbocycles. The Morgan fingerprint density at radius 3 is 2.12 bits per heavy atom. The Morgan fingerprint density at radius 2 is 1.55 bits per heavy atom. The summed E-state index contributed by atoms with van der Waals surface area (Å²) in [5.74, 6) is -0.189. The summed E-state index contributed by atoms with van der Waals surface area (Å²) in [6, 6.07) is 22.8. The van der Waals surface area contributed by atoms with E-state index in [0.717, 1.165) is 33.7 Å². The number of sulfonamides is 1. The van der Waals surface area contributed by atoms with E-state index in [1.165, 1.54) is 4.90 Å². The predicted molar refractivity (Wildman–Crippen MR) is 159 cm³/mol. The van der Waals surface area contributed by atoms with Gasteiger partial charge in [0.15, 0.2) is 0 Å². The molecule has 3 aromatic carbocycles. The molecule has 0 aliphatic carbocycles. The van der Waals surface area contributed by atoms with Crippen molar-refractivity contribution < 1.29 is 22.7 Å². The fourth-order valence-electron chi connectivity index (χ4n) is 4.41. The predicted octanol–water partition coefficient (Wildman–Crippen LogP) is 4.19. The lowest BCUT2D eigenvalue weighted by Crippen LogP contribution is -2.54. The Bertz CT molecular complexity index is 1380. The number of ether oxygens (including phenoxy) is 1. The number of carbonyl (C=O) groups excluding carboxylic acids is 2. The van der Waals surface area contributed by atoms with Crippen LogP contribution in [0.5, 0.6) is 5.75 Å². The molecule has 2 amide bonds. The molecule has 1 N–H and O–H groups in total. The highest BCUT2D eigenvalue weighted by Crippen LogP contribution is 2.22. The highest BCUT2D eigenvalue weighted by Gasteiger charge is 2.33. The molecule has 3 aromatic rings. The Hall–Kier alpha value is -3.85. The fraction of sp³-hybridized carbons (Fsp3) is 0.355. The molecule has 0 aromatic heterocycles. The SMILES string of the molecule is CCc1ccc(N(CC(=O)N(Cc2cccc(OC)c2)[C@@H](Cc2ccccc2)C(=O)NC(C)C)S(C)(=O)=O)cc1. The van der Waals surface area contributed by atoms with E-state index in [4.69, 9.17) is 4.74 Å². The Kier molecular flexibility index (Phi) is 10.7. The molecule has 0 aliphatic rings. The van der Waals surface area contributed by atoms with E-state index in [1.807, 2.05) is 75.4 Å². The molecule has 0 bridgehead atoms. The normalized spacial score (nSPS) is 12.1. The van der Waals surface area contributed by atoms with Crippen molar-refractivity contribution in [3.05, 3.63) is 95.6 Å². The van der Waals surface area contributed by atoms with Crippen molar-refractivity contribution in [2.24, 2.45) is 0 Å². The van der Waals surface area contributed by atoms with Crippen molar-refractivity contribution in [1.82, 2.24) is 10.2 Å². The summed E-state index contributed by atoms with van der Waals surface area (Å²) >= 11 is 0. The van der Waals surface area contributed by atoms with Gasteiger partial charge in [0, 0.05) is 19.0 Å². The van der Waals surface area contributed by atoms with Crippen molar-refractivity contribution in [3.8, 4) is 5.75 Å². The van der Waals surface area contributed by atoms with E-state index in [0.29, 0.717) is 11.4 Å². The first-order chi connectivity index (χ1) is 19.0. The third kappa shape index (κ3) is 8.58. The average molecular weight is 566 g/mol. The lowest BCUT2D eigenvalue weighted by Gasteiger charge is -2.34. The number of methoxy groups -OCH3 is 1. The number of anilines is 1. The number of nitrogens with one attached hydrogen (secondary N) is 1. The monoisotopic (exact) mass is 565 g/mol. The average Bonchev–Trinajstić information content (AvgIpc) is 2.93. The van der Waals surface area contributed by atoms with E-state index < -0.39 is 28.5 Å². The smallest absolute Gasteiger partial charge is 0.244 e. The molecule has 1 atom stereocenters. The number of benzene rings is 3. The van der Waals surface area contributed by atoms with Crippen LogP contribution in [-0.2, 0) is 39.0 Å². The van der Waals surface area contributed by atoms with Crippen LogP contribution in [0, 0.1) is 0 Å². The third-order valence-electron chi connectivity index (χ3n) is 6.50. The molecule has 8 nitrogen and oxygen atoms in total. The fourth-order valence-corrected chi connectivity index (χ4v) is 5.26. The summed E-state index contributed by atoms with van der Waals surface area (Å²) in [6.45, 7) is 5.37. The highest BCUT2D eigenvalue weighted by atomic mass is 32.2. The number of aryl methyl sites for hydroxylation is 1. The number of amides is 2. The van der Waals surface area contributed by atoms with Crippen LogP contribution in [-0.4, -0.2) is 57.1 Å². The molecule has 214 valence electrons. The van der Waals surface area contributed by atoms with E-state index in [-0.39, 0.29) is 24.9 Å². The second-order valence-corrected chi connectivity index (χ2v) is 11.9. The van der Waals surface area contributed by atoms with E-state index in [2.05, 4.69) is 5.32 Å². The van der Waals surface area contributed by atoms with Gasteiger partial charge in [0.1, 0.15) is 18.3 Å². The lowest BCUT2D eigenvalue weighted by molar-refractivity contribution is -0.140. The highest BCUT2D eigenvalue weighted by molar-refractivity contribution is 7.92. The van der Waals surface area contributed by atoms with Crippen molar-refractivity contribution in [1.29, 1.82) is 0 Å². The molecule has 9 heteroatoms. The van der Waals surface area contributed by atoms with Crippen LogP contribution in [0.4, 0.5) is 5.69 Å². The zero-order valence-corrected chi connectivity index (χ0v) is 24.6. The molecule has 0 fully saturated rings. The maximum absolute atomic E-state index is 14.1. The van der Waals surface area contributed by atoms with Gasteiger partial charge in [0.05, 0.1) is 19.1 Å². The minimum absolute atomic E-state index is 0.0887. The molecule has 0 heterocycles. The van der Waals surface area contributed by atoms with Gasteiger partial charge in [-0.05, 0) is 61.2 Å². The van der Waals surface area contributed by atoms with E-state index in [1.54, 1.807) is 31.4 Å². The van der Waals surface area contributed by atoms with E-state index in [9.17, 15) is 18.0 Å². The van der Waals surface area contributed by atoms with Gasteiger partial charge in [-0.15, -0.1) is 0 Å². The second kappa shape index (κ2) is 14.0. The van der Waals surface area contributed by atoms with Crippen LogP contribution in [0.3, 0.4) is 0 Å². The van der Waals surface area contributed by atoms with Gasteiger partial charge >= 0.3 is 0 Å². The second-order valence-electron chi connectivity index (χ2n) is 10.0. The summed E-state index contributed by atoms with van der Waals surface area (Å²) in [6.07, 6.45) is 2.14. The molecule has 0 spiro atoms. The van der Waals surface area contributed by atoms with Crippen LogP contribution in [0.25, 0.3) is 0 Å². The minimum Gasteiger partial charge on any atom is -0.497 e. The number of hydrogen-bond acceptors (Lipinski definition) is 5. The quantitative estimate of drug-likeness (QED) is 0.335. The van der Waals surface area contributed by atoms with Gasteiger partial charge < -0.3 is 15.0 Å². The standard InChI is InChI=1S/C31H39N3O5S/c1-6-24-15-17-27(18-16-24)34(40(5,37)38)22-30(35)33(21-26-13-10-14-28(19-26)39-4)29(31(36)32-23(2)3)20-25-11-8-7-9-12-25/h7-19,23,29H,6,20-22H2,1-5H3,(H,32,36)/t29-/m0/s1. The molecule has 0 radical (unpaired) electrons. The number of carbonyl (C=O) groups is 2. The third-order valence-corrected chi connectivity index (χ3v) is 7.64. The van der Waals surface area contributed by atoms with Crippen LogP contribution in [0.1, 0.15) is 37.5 Å². The van der Waals surface area contributed by atoms with Gasteiger partial charge in [-0.25, -0.2) is 8.42 Å². The zero-order valence-electron chi connectivity index (χ0n) is 23.8. The first-order valence-electron chi connectivity index (χ1n) is 13.3. The Morgan fingerprint density at radius 1 is 0.900 bits per heavy atom. The van der Waals surface area contributed by atoms with Gasteiger partial charge in [0.2, 0.25) is 21.8 Å². The maximum Gasteiger partial charge on any atom is 0.244 e. The molecule has 0 unspecified atom stereocenters. The zero-order chi connectivity index (χ0) is 29.3. The summed E-state index contributed by atoms with van der Waals surface area (Å²) in [5, 5.41) is 2.95. The van der Waals surface area contributed by atoms with Crippen molar-refractivity contribution in [3.63, 3.8) is 0 Å². The molecule has 40 heavy (non-hydrogen) atoms. The number of nitrogens with zero attached hydrogens (tertiary/aromatic N) is 2. The van der Waals surface area contributed by atoms with Crippen LogP contribution in [0.15, 0.2) is 78.9 Å². The Labute approximate surface area is 238 Å². The first kappa shape index (κ1) is 30.7. The van der Waals surface area contributed by atoms with Crippen molar-refractivity contribution >= 4 is 27.5 Å². The van der Waals surface area contributed by atoms with Crippen LogP contribution >= 0.6 is 0 Å². The van der Waals surface area contributed by atoms with Crippen molar-refractivity contribution in [2.45, 2.75) is 52.2 Å². The summed E-state index contributed by atoms with van der Waals surface area (Å²) in [7, 11) is -2.25. The first-order valence-corrected chi connectivity index (χ1v) is 15.2. The maximum atomic E-state index is 14.1. The summed E-state index contributed by atoms with van der Waals surface area (Å²) < 4.78 is 32.2. The molecular formula is C31H39N3O5S. The molecule has 0 aliphatic heterocycles. The van der Waals surface area contributed by atoms with E-state index >= 15 is 0 Å². The minimum atomic E-state index is -3.81. The number of hydrogen-bond donors (Lipinski definition) is 1. The summed E-state index contributed by atoms with van der Waals surface area (Å²) in [4.78, 5) is 29.1. The number of rotatable bonds is 13. The lowest BCUT2D eigenvalue weighted by atomic mass is 10.0. The summed E-state index contributed by atoms with van der Waals surface area (Å²) in [5.41, 5.74) is 3.07. The topological polar surface area (TPSA) is 96.0 Å². The van der Waals surface area contributed by atoms with Gasteiger partial charge in [0.25, 0.3) is 0 Å². The van der Waals surface area contributed by atoms with Gasteiger partial charge in [-0.3, -0.25) is 13.9 Å².